The lowest BCUT2D eigenvalue weighted by atomic mass is 10.2. The molecule has 15 heavy (non-hydrogen) atoms. The molecule has 0 radical (unpaired) electrons. The number of pyridine rings is 1. The number of carboxylic acid groups (broad SMARTS) is 1. The second kappa shape index (κ2) is 3.53. The van der Waals surface area contributed by atoms with E-state index in [9.17, 15) is 4.79 Å². The number of aromatic nitrogens is 1. The Bertz CT molecular complexity index is 404. The summed E-state index contributed by atoms with van der Waals surface area (Å²) in [6, 6.07) is 3.70. The van der Waals surface area contributed by atoms with Gasteiger partial charge in [0.2, 0.25) is 0 Å². The Kier molecular flexibility index (Phi) is 2.34. The van der Waals surface area contributed by atoms with Crippen LogP contribution in [-0.2, 0) is 0 Å². The van der Waals surface area contributed by atoms with Crippen LogP contribution in [0.5, 0.6) is 0 Å². The SMILES string of the molecule is Cc1ccc(C(=O)O)c(NC2CC2C)n1. The molecule has 1 aliphatic rings. The number of hydrogen-bond donors (Lipinski definition) is 2. The van der Waals surface area contributed by atoms with Crippen molar-refractivity contribution in [2.45, 2.75) is 26.3 Å². The van der Waals surface area contributed by atoms with Gasteiger partial charge < -0.3 is 10.4 Å². The molecule has 80 valence electrons. The van der Waals surface area contributed by atoms with Crippen molar-refractivity contribution >= 4 is 11.8 Å². The molecule has 2 N–H and O–H groups in total. The Labute approximate surface area is 88.3 Å². The Morgan fingerprint density at radius 2 is 2.27 bits per heavy atom. The molecule has 0 aromatic carbocycles. The molecule has 1 aromatic heterocycles. The lowest BCUT2D eigenvalue weighted by Crippen LogP contribution is -2.11. The fourth-order valence-corrected chi connectivity index (χ4v) is 1.54. The zero-order valence-corrected chi connectivity index (χ0v) is 8.82. The minimum Gasteiger partial charge on any atom is -0.478 e. The van der Waals surface area contributed by atoms with Gasteiger partial charge in [-0.1, -0.05) is 6.92 Å². The van der Waals surface area contributed by atoms with Crippen LogP contribution in [0.1, 0.15) is 29.4 Å². The first-order valence-corrected chi connectivity index (χ1v) is 5.05. The van der Waals surface area contributed by atoms with Crippen molar-refractivity contribution in [3.8, 4) is 0 Å². The second-order valence-electron chi connectivity index (χ2n) is 4.12. The van der Waals surface area contributed by atoms with Crippen LogP contribution >= 0.6 is 0 Å². The normalized spacial score (nSPS) is 23.6. The van der Waals surface area contributed by atoms with E-state index in [0.717, 1.165) is 12.1 Å². The van der Waals surface area contributed by atoms with E-state index < -0.39 is 5.97 Å². The molecule has 1 heterocycles. The number of carbonyl (C=O) groups is 1. The number of hydrogen-bond acceptors (Lipinski definition) is 3. The third kappa shape index (κ3) is 2.09. The molecule has 4 nitrogen and oxygen atoms in total. The van der Waals surface area contributed by atoms with Crippen molar-refractivity contribution in [3.63, 3.8) is 0 Å². The minimum atomic E-state index is -0.932. The third-order valence-electron chi connectivity index (χ3n) is 2.70. The molecule has 0 aliphatic heterocycles. The van der Waals surface area contributed by atoms with Crippen LogP contribution in [0.4, 0.5) is 5.82 Å². The van der Waals surface area contributed by atoms with Gasteiger partial charge in [-0.15, -0.1) is 0 Å². The van der Waals surface area contributed by atoms with Crippen molar-refractivity contribution in [2.24, 2.45) is 5.92 Å². The van der Waals surface area contributed by atoms with Gasteiger partial charge in [0.25, 0.3) is 0 Å². The van der Waals surface area contributed by atoms with Crippen molar-refractivity contribution in [1.82, 2.24) is 4.98 Å². The first-order valence-electron chi connectivity index (χ1n) is 5.05. The molecule has 1 aromatic rings. The Hall–Kier alpha value is -1.58. The maximum Gasteiger partial charge on any atom is 0.339 e. The molecule has 0 amide bonds. The highest BCUT2D eigenvalue weighted by molar-refractivity contribution is 5.93. The summed E-state index contributed by atoms with van der Waals surface area (Å²) in [6.07, 6.45) is 1.09. The maximum absolute atomic E-state index is 10.9. The summed E-state index contributed by atoms with van der Waals surface area (Å²) in [4.78, 5) is 15.2. The molecule has 1 saturated carbocycles. The lowest BCUT2D eigenvalue weighted by Gasteiger charge is -2.08. The number of nitrogens with one attached hydrogen (secondary N) is 1. The van der Waals surface area contributed by atoms with E-state index in [1.165, 1.54) is 0 Å². The topological polar surface area (TPSA) is 62.2 Å². The molecule has 2 unspecified atom stereocenters. The number of nitrogens with zero attached hydrogens (tertiary/aromatic N) is 1. The summed E-state index contributed by atoms with van der Waals surface area (Å²) in [7, 11) is 0. The highest BCUT2D eigenvalue weighted by Crippen LogP contribution is 2.33. The largest absolute Gasteiger partial charge is 0.478 e. The van der Waals surface area contributed by atoms with Crippen molar-refractivity contribution < 1.29 is 9.90 Å². The van der Waals surface area contributed by atoms with Crippen LogP contribution < -0.4 is 5.32 Å². The standard InChI is InChI=1S/C11H14N2O2/c1-6-5-9(6)13-10-8(11(14)15)4-3-7(2)12-10/h3-4,6,9H,5H2,1-2H3,(H,12,13)(H,14,15). The molecule has 4 heteroatoms. The van der Waals surface area contributed by atoms with Crippen LogP contribution in [0.25, 0.3) is 0 Å². The Morgan fingerprint density at radius 1 is 1.60 bits per heavy atom. The van der Waals surface area contributed by atoms with E-state index >= 15 is 0 Å². The molecule has 1 aliphatic carbocycles. The van der Waals surface area contributed by atoms with Crippen molar-refractivity contribution in [2.75, 3.05) is 5.32 Å². The summed E-state index contributed by atoms with van der Waals surface area (Å²) in [5.74, 6) is 0.184. The predicted molar refractivity (Wildman–Crippen MR) is 57.1 cm³/mol. The van der Waals surface area contributed by atoms with Gasteiger partial charge in [-0.25, -0.2) is 9.78 Å². The molecule has 2 rings (SSSR count). The smallest absolute Gasteiger partial charge is 0.339 e. The van der Waals surface area contributed by atoms with Crippen LogP contribution in [0.15, 0.2) is 12.1 Å². The van der Waals surface area contributed by atoms with E-state index in [0.29, 0.717) is 17.8 Å². The van der Waals surface area contributed by atoms with Crippen LogP contribution in [0.2, 0.25) is 0 Å². The van der Waals surface area contributed by atoms with Gasteiger partial charge in [-0.3, -0.25) is 0 Å². The van der Waals surface area contributed by atoms with Crippen molar-refractivity contribution in [1.29, 1.82) is 0 Å². The third-order valence-corrected chi connectivity index (χ3v) is 2.70. The summed E-state index contributed by atoms with van der Waals surface area (Å²) < 4.78 is 0. The average Bonchev–Trinajstić information content (AvgIpc) is 2.81. The first kappa shape index (κ1) is 9.96. The highest BCUT2D eigenvalue weighted by atomic mass is 16.4. The summed E-state index contributed by atoms with van der Waals surface area (Å²) in [6.45, 7) is 3.99. The highest BCUT2D eigenvalue weighted by Gasteiger charge is 2.33. The fourth-order valence-electron chi connectivity index (χ4n) is 1.54. The molecule has 0 spiro atoms. The molecular weight excluding hydrogens is 192 g/mol. The van der Waals surface area contributed by atoms with Gasteiger partial charge in [0, 0.05) is 11.7 Å². The summed E-state index contributed by atoms with van der Waals surface area (Å²) >= 11 is 0. The van der Waals surface area contributed by atoms with Gasteiger partial charge in [0.05, 0.1) is 0 Å². The maximum atomic E-state index is 10.9. The van der Waals surface area contributed by atoms with Gasteiger partial charge in [-0.05, 0) is 31.4 Å². The van der Waals surface area contributed by atoms with Gasteiger partial charge in [-0.2, -0.15) is 0 Å². The lowest BCUT2D eigenvalue weighted by molar-refractivity contribution is 0.0697. The molecule has 2 atom stereocenters. The molecule has 1 fully saturated rings. The van der Waals surface area contributed by atoms with E-state index in [1.54, 1.807) is 12.1 Å². The van der Waals surface area contributed by atoms with E-state index in [2.05, 4.69) is 17.2 Å². The van der Waals surface area contributed by atoms with Crippen LogP contribution in [0.3, 0.4) is 0 Å². The monoisotopic (exact) mass is 206 g/mol. The summed E-state index contributed by atoms with van der Waals surface area (Å²) in [5.41, 5.74) is 1.08. The minimum absolute atomic E-state index is 0.250. The molecular formula is C11H14N2O2. The van der Waals surface area contributed by atoms with Crippen LogP contribution in [-0.4, -0.2) is 22.1 Å². The average molecular weight is 206 g/mol. The molecule has 0 saturated heterocycles. The zero-order chi connectivity index (χ0) is 11.0. The second-order valence-corrected chi connectivity index (χ2v) is 4.12. The fraction of sp³-hybridized carbons (Fsp3) is 0.455. The number of aromatic carboxylic acids is 1. The van der Waals surface area contributed by atoms with Gasteiger partial charge in [0.15, 0.2) is 0 Å². The molecule has 0 bridgehead atoms. The zero-order valence-electron chi connectivity index (χ0n) is 8.82. The van der Waals surface area contributed by atoms with E-state index in [-0.39, 0.29) is 5.56 Å². The van der Waals surface area contributed by atoms with E-state index in [4.69, 9.17) is 5.11 Å². The number of aryl methyl sites for hydroxylation is 1. The Balaban J connectivity index is 2.26. The van der Waals surface area contributed by atoms with Crippen molar-refractivity contribution in [3.05, 3.63) is 23.4 Å². The first-order chi connectivity index (χ1) is 7.08. The van der Waals surface area contributed by atoms with Crippen LogP contribution in [0, 0.1) is 12.8 Å². The quantitative estimate of drug-likeness (QED) is 0.793. The number of carboxylic acids is 1. The van der Waals surface area contributed by atoms with Gasteiger partial charge in [0.1, 0.15) is 11.4 Å². The Morgan fingerprint density at radius 3 is 2.80 bits per heavy atom. The number of rotatable bonds is 3. The predicted octanol–water partition coefficient (Wildman–Crippen LogP) is 1.91. The van der Waals surface area contributed by atoms with E-state index in [1.807, 2.05) is 6.92 Å². The summed E-state index contributed by atoms with van der Waals surface area (Å²) in [5, 5.41) is 12.1. The van der Waals surface area contributed by atoms with Gasteiger partial charge >= 0.3 is 5.97 Å². The number of anilines is 1.